The van der Waals surface area contributed by atoms with E-state index in [4.69, 9.17) is 11.6 Å². The van der Waals surface area contributed by atoms with Gasteiger partial charge in [0.15, 0.2) is 5.82 Å². The van der Waals surface area contributed by atoms with Gasteiger partial charge in [0.25, 0.3) is 0 Å². The molecule has 5 rings (SSSR count). The van der Waals surface area contributed by atoms with Crippen molar-refractivity contribution in [2.45, 2.75) is 19.8 Å². The van der Waals surface area contributed by atoms with Gasteiger partial charge in [0.05, 0.1) is 5.69 Å². The van der Waals surface area contributed by atoms with Crippen LogP contribution in [0.15, 0.2) is 61.1 Å². The third kappa shape index (κ3) is 4.58. The van der Waals surface area contributed by atoms with Gasteiger partial charge in [0, 0.05) is 74.5 Å². The van der Waals surface area contributed by atoms with Gasteiger partial charge in [-0.05, 0) is 61.7 Å². The van der Waals surface area contributed by atoms with Gasteiger partial charge in [0.1, 0.15) is 0 Å². The van der Waals surface area contributed by atoms with Crippen molar-refractivity contribution < 1.29 is 4.79 Å². The van der Waals surface area contributed by atoms with E-state index in [0.29, 0.717) is 5.91 Å². The third-order valence-corrected chi connectivity index (χ3v) is 7.13. The molecule has 0 saturated carbocycles. The molecule has 0 bridgehead atoms. The van der Waals surface area contributed by atoms with Crippen LogP contribution in [0.1, 0.15) is 18.4 Å². The molecule has 0 spiro atoms. The number of piperazine rings is 1. The van der Waals surface area contributed by atoms with Gasteiger partial charge in [-0.3, -0.25) is 4.79 Å². The van der Waals surface area contributed by atoms with Gasteiger partial charge in [-0.2, -0.15) is 0 Å². The summed E-state index contributed by atoms with van der Waals surface area (Å²) >= 11 is 6.21. The van der Waals surface area contributed by atoms with Crippen LogP contribution in [0.3, 0.4) is 0 Å². The number of carbonyl (C=O) groups is 1. The fourth-order valence-corrected chi connectivity index (χ4v) is 5.18. The largest absolute Gasteiger partial charge is 0.368 e. The number of anilines is 2. The van der Waals surface area contributed by atoms with E-state index in [1.54, 1.807) is 0 Å². The van der Waals surface area contributed by atoms with Crippen LogP contribution < -0.4 is 9.80 Å². The first-order chi connectivity index (χ1) is 16.1. The summed E-state index contributed by atoms with van der Waals surface area (Å²) in [5.41, 5.74) is 3.48. The zero-order chi connectivity index (χ0) is 22.8. The number of amides is 1. The number of hydrogen-bond donors (Lipinski definition) is 0. The van der Waals surface area contributed by atoms with E-state index in [9.17, 15) is 4.79 Å². The Hall–Kier alpha value is -2.99. The van der Waals surface area contributed by atoms with Crippen molar-refractivity contribution in [3.8, 4) is 5.69 Å². The maximum absolute atomic E-state index is 13.3. The molecule has 2 aromatic heterocycles. The number of carbonyl (C=O) groups excluding carboxylic acids is 1. The smallest absolute Gasteiger partial charge is 0.225 e. The molecule has 3 aromatic rings. The highest BCUT2D eigenvalue weighted by molar-refractivity contribution is 6.30. The highest BCUT2D eigenvalue weighted by Crippen LogP contribution is 2.29. The Kier molecular flexibility index (Phi) is 6.27. The number of benzene rings is 1. The number of aryl methyl sites for hydroxylation is 1. The average molecular weight is 464 g/mol. The summed E-state index contributed by atoms with van der Waals surface area (Å²) < 4.78 is 2.10. The van der Waals surface area contributed by atoms with E-state index in [2.05, 4.69) is 43.3 Å². The number of rotatable bonds is 4. The maximum atomic E-state index is 13.3. The Balaban J connectivity index is 1.18. The van der Waals surface area contributed by atoms with Gasteiger partial charge in [-0.25, -0.2) is 4.98 Å². The summed E-state index contributed by atoms with van der Waals surface area (Å²) in [5, 5.41) is 0.758. The molecule has 2 saturated heterocycles. The van der Waals surface area contributed by atoms with Crippen molar-refractivity contribution in [2.24, 2.45) is 5.92 Å². The second-order valence-electron chi connectivity index (χ2n) is 8.94. The quantitative estimate of drug-likeness (QED) is 0.575. The summed E-state index contributed by atoms with van der Waals surface area (Å²) in [6.45, 7) is 7.04. The van der Waals surface area contributed by atoms with Gasteiger partial charge < -0.3 is 19.3 Å². The first-order valence-electron chi connectivity index (χ1n) is 11.7. The van der Waals surface area contributed by atoms with Crippen LogP contribution in [0, 0.1) is 12.8 Å². The molecular formula is C26H30ClN5O. The van der Waals surface area contributed by atoms with Gasteiger partial charge in [0.2, 0.25) is 5.91 Å². The molecule has 0 aliphatic carbocycles. The Morgan fingerprint density at radius 1 is 0.909 bits per heavy atom. The number of pyridine rings is 1. The van der Waals surface area contributed by atoms with Crippen LogP contribution in [0.25, 0.3) is 5.69 Å². The van der Waals surface area contributed by atoms with Crippen LogP contribution in [-0.2, 0) is 4.79 Å². The fraction of sp³-hybridized carbons (Fsp3) is 0.385. The molecule has 0 atom stereocenters. The maximum Gasteiger partial charge on any atom is 0.225 e. The summed E-state index contributed by atoms with van der Waals surface area (Å²) in [5.74, 6) is 1.40. The number of aromatic nitrogens is 2. The van der Waals surface area contributed by atoms with Crippen molar-refractivity contribution in [3.05, 3.63) is 71.6 Å². The SMILES string of the molecule is Cc1ccc(Cl)cc1N1CCN(C(=O)C2CCN(c3ncccc3-n3cccc3)CC2)CC1. The molecule has 33 heavy (non-hydrogen) atoms. The van der Waals surface area contributed by atoms with Crippen LogP contribution >= 0.6 is 11.6 Å². The lowest BCUT2D eigenvalue weighted by Gasteiger charge is -2.40. The van der Waals surface area contributed by atoms with Crippen molar-refractivity contribution in [1.29, 1.82) is 0 Å². The van der Waals surface area contributed by atoms with Crippen molar-refractivity contribution >= 4 is 29.0 Å². The van der Waals surface area contributed by atoms with Crippen LogP contribution in [-0.4, -0.2) is 59.6 Å². The lowest BCUT2D eigenvalue weighted by Crippen LogP contribution is -2.52. The second kappa shape index (κ2) is 9.48. The van der Waals surface area contributed by atoms with Gasteiger partial charge >= 0.3 is 0 Å². The average Bonchev–Trinajstić information content (AvgIpc) is 3.40. The van der Waals surface area contributed by atoms with E-state index in [-0.39, 0.29) is 5.92 Å². The Bertz CT molecular complexity index is 1100. The predicted octanol–water partition coefficient (Wildman–Crippen LogP) is 4.40. The van der Waals surface area contributed by atoms with Crippen LogP contribution in [0.2, 0.25) is 5.02 Å². The highest BCUT2D eigenvalue weighted by atomic mass is 35.5. The summed E-state index contributed by atoms with van der Waals surface area (Å²) in [6.07, 6.45) is 7.67. The third-order valence-electron chi connectivity index (χ3n) is 6.90. The number of nitrogens with zero attached hydrogens (tertiary/aromatic N) is 5. The first-order valence-corrected chi connectivity index (χ1v) is 12.1. The van der Waals surface area contributed by atoms with E-state index < -0.39 is 0 Å². The Morgan fingerprint density at radius 2 is 1.64 bits per heavy atom. The molecule has 0 N–H and O–H groups in total. The molecule has 6 nitrogen and oxygen atoms in total. The molecule has 172 valence electrons. The van der Waals surface area contributed by atoms with E-state index in [1.807, 2.05) is 48.9 Å². The van der Waals surface area contributed by atoms with Crippen molar-refractivity contribution in [1.82, 2.24) is 14.5 Å². The molecule has 0 unspecified atom stereocenters. The minimum Gasteiger partial charge on any atom is -0.368 e. The van der Waals surface area contributed by atoms with Gasteiger partial charge in [-0.15, -0.1) is 0 Å². The summed E-state index contributed by atoms with van der Waals surface area (Å²) in [4.78, 5) is 24.6. The topological polar surface area (TPSA) is 44.6 Å². The Labute approximate surface area is 200 Å². The van der Waals surface area contributed by atoms with Crippen molar-refractivity contribution in [3.63, 3.8) is 0 Å². The molecule has 0 radical (unpaired) electrons. The molecule has 2 aliphatic rings. The standard InChI is InChI=1S/C26H30ClN5O/c1-20-6-7-22(27)19-24(20)30-15-17-32(18-16-30)26(33)21-8-13-31(14-9-21)25-23(5-4-10-28-25)29-11-2-3-12-29/h2-7,10-12,19,21H,8-9,13-18H2,1H3. The zero-order valence-electron chi connectivity index (χ0n) is 19.0. The van der Waals surface area contributed by atoms with E-state index in [0.717, 1.165) is 68.6 Å². The highest BCUT2D eigenvalue weighted by Gasteiger charge is 2.31. The predicted molar refractivity (Wildman–Crippen MR) is 133 cm³/mol. The monoisotopic (exact) mass is 463 g/mol. The number of hydrogen-bond acceptors (Lipinski definition) is 4. The minimum absolute atomic E-state index is 0.0967. The minimum atomic E-state index is 0.0967. The Morgan fingerprint density at radius 3 is 2.36 bits per heavy atom. The van der Waals surface area contributed by atoms with E-state index >= 15 is 0 Å². The van der Waals surface area contributed by atoms with Gasteiger partial charge in [-0.1, -0.05) is 17.7 Å². The molecule has 1 amide bonds. The lowest BCUT2D eigenvalue weighted by molar-refractivity contribution is -0.136. The lowest BCUT2D eigenvalue weighted by atomic mass is 9.94. The van der Waals surface area contributed by atoms with Crippen LogP contribution in [0.5, 0.6) is 0 Å². The molecular weight excluding hydrogens is 434 g/mol. The molecule has 4 heterocycles. The normalized spacial score (nSPS) is 17.5. The molecule has 2 fully saturated rings. The second-order valence-corrected chi connectivity index (χ2v) is 9.38. The first kappa shape index (κ1) is 21.8. The van der Waals surface area contributed by atoms with E-state index in [1.165, 1.54) is 11.3 Å². The fourth-order valence-electron chi connectivity index (χ4n) is 5.02. The summed E-state index contributed by atoms with van der Waals surface area (Å²) in [7, 11) is 0. The number of halogens is 1. The number of piperidine rings is 1. The van der Waals surface area contributed by atoms with Crippen molar-refractivity contribution in [2.75, 3.05) is 49.1 Å². The summed E-state index contributed by atoms with van der Waals surface area (Å²) in [6, 6.07) is 14.1. The molecule has 7 heteroatoms. The zero-order valence-corrected chi connectivity index (χ0v) is 19.8. The molecule has 2 aliphatic heterocycles. The van der Waals surface area contributed by atoms with Crippen LogP contribution in [0.4, 0.5) is 11.5 Å². The molecule has 1 aromatic carbocycles.